The number of unbranched alkanes of at least 4 members (excludes halogenated alkanes) is 2. The molecule has 5 aromatic carbocycles. The lowest BCUT2D eigenvalue weighted by molar-refractivity contribution is -0.672. The first-order chi connectivity index (χ1) is 29.5. The van der Waals surface area contributed by atoms with Crippen LogP contribution in [0.5, 0.6) is 0 Å². The van der Waals surface area contributed by atoms with Gasteiger partial charge in [-0.1, -0.05) is 62.1 Å². The van der Waals surface area contributed by atoms with Gasteiger partial charge in [0.2, 0.25) is 11.0 Å². The summed E-state index contributed by atoms with van der Waals surface area (Å²) in [6.45, 7) is 9.94. The minimum absolute atomic E-state index is 0.178. The van der Waals surface area contributed by atoms with Crippen molar-refractivity contribution in [3.8, 4) is 0 Å². The predicted molar refractivity (Wildman–Crippen MR) is 239 cm³/mol. The Bertz CT molecular complexity index is 2790. The molecule has 2 aromatic heterocycles. The van der Waals surface area contributed by atoms with Gasteiger partial charge in [-0.05, 0) is 98.8 Å². The number of aryl methyl sites for hydroxylation is 4. The van der Waals surface area contributed by atoms with Crippen LogP contribution in [0.25, 0.3) is 21.8 Å². The number of fused-ring (bicyclic) bond motifs is 2. The molecule has 0 unspecified atom stereocenters. The van der Waals surface area contributed by atoms with Crippen LogP contribution in [0.2, 0.25) is 0 Å². The molecule has 0 bridgehead atoms. The Balaban J connectivity index is 0.000000267. The van der Waals surface area contributed by atoms with Crippen LogP contribution in [0.15, 0.2) is 156 Å². The third-order valence-corrected chi connectivity index (χ3v) is 11.5. The van der Waals surface area contributed by atoms with Gasteiger partial charge in [-0.15, -0.1) is 0 Å². The Morgan fingerprint density at radius 3 is 1.39 bits per heavy atom. The van der Waals surface area contributed by atoms with Gasteiger partial charge in [-0.2, -0.15) is 9.13 Å². The minimum atomic E-state index is -4.27. The number of amides is 2. The fourth-order valence-electron chi connectivity index (χ4n) is 6.35. The molecular weight excluding hydrogens is 825 g/mol. The highest BCUT2D eigenvalue weighted by Crippen LogP contribution is 2.20. The largest absolute Gasteiger partial charge is 0.744 e. The number of carbonyl (C=O) groups excluding carboxylic acids is 2. The number of pyridine rings is 2. The molecule has 0 radical (unpaired) electrons. The number of nitrogens with zero attached hydrogens (tertiary/aromatic N) is 2. The molecule has 322 valence electrons. The van der Waals surface area contributed by atoms with Gasteiger partial charge in [0.25, 0.3) is 11.8 Å². The Hall–Kier alpha value is -6.32. The maximum atomic E-state index is 13.0. The average Bonchev–Trinajstić information content (AvgIpc) is 3.25. The Labute approximate surface area is 363 Å². The van der Waals surface area contributed by atoms with Crippen molar-refractivity contribution in [2.45, 2.75) is 76.3 Å². The molecule has 14 heteroatoms. The summed E-state index contributed by atoms with van der Waals surface area (Å²) in [7, 11) is -8.54. The van der Waals surface area contributed by atoms with Gasteiger partial charge in [0.05, 0.1) is 9.79 Å². The van der Waals surface area contributed by atoms with Crippen LogP contribution in [0.4, 0.5) is 11.4 Å². The topological polar surface area (TPSA) is 180 Å². The van der Waals surface area contributed by atoms with E-state index < -0.39 is 20.2 Å². The molecule has 62 heavy (non-hydrogen) atoms. The molecule has 7 rings (SSSR count). The normalized spacial score (nSPS) is 11.2. The summed E-state index contributed by atoms with van der Waals surface area (Å²) < 4.78 is 66.8. The number of anilines is 2. The van der Waals surface area contributed by atoms with Gasteiger partial charge >= 0.3 is 0 Å². The van der Waals surface area contributed by atoms with Crippen LogP contribution >= 0.6 is 0 Å². The molecule has 0 fully saturated rings. The lowest BCUT2D eigenvalue weighted by Crippen LogP contribution is -2.33. The highest BCUT2D eigenvalue weighted by atomic mass is 32.2. The summed E-state index contributed by atoms with van der Waals surface area (Å²) in [6.07, 6.45) is 8.69. The standard InChI is InChI=1S/C34H34N4O2.2C7H8O3S/c1-3-5-19-37-21-7-9-26-23-28(13-17-31(26)37)34(40)35-29-14-11-25(12-15-29)33(39)36-30-16-18-32-27(24-30)10-8-22-38(32)20-6-4-2;2*1-6-2-4-7(5-3-6)11(8,9)10/h7-18,21-24H,3-6,19-20H2,1-2H3;2*2-5H,1H3,(H,8,9,10). The van der Waals surface area contributed by atoms with E-state index in [9.17, 15) is 35.5 Å². The number of benzene rings is 5. The zero-order chi connectivity index (χ0) is 44.9. The summed E-state index contributed by atoms with van der Waals surface area (Å²) in [4.78, 5) is 25.5. The molecule has 12 nitrogen and oxygen atoms in total. The molecule has 2 N–H and O–H groups in total. The SMILES string of the molecule is CCCC[n+]1cccc2cc(NC(=O)c3ccc(NC(=O)c4ccc5c(ccc[n+]5CCCC)c4)cc3)ccc21.Cc1ccc(S(=O)(=O)[O-])cc1.Cc1ccc(S(=O)(=O)[O-])cc1. The highest BCUT2D eigenvalue weighted by Gasteiger charge is 2.14. The lowest BCUT2D eigenvalue weighted by atomic mass is 10.1. The first kappa shape index (κ1) is 46.7. The molecule has 0 spiro atoms. The van der Waals surface area contributed by atoms with Crippen LogP contribution in [0.1, 0.15) is 71.4 Å². The quantitative estimate of drug-likeness (QED) is 0.0906. The number of nitrogens with one attached hydrogen (secondary N) is 2. The van der Waals surface area contributed by atoms with Gasteiger partial charge in [0, 0.05) is 70.4 Å². The van der Waals surface area contributed by atoms with E-state index in [0.717, 1.165) is 77.4 Å². The molecular formula is C48H50N4O8S2. The predicted octanol–water partition coefficient (Wildman–Crippen LogP) is 8.47. The van der Waals surface area contributed by atoms with Crippen molar-refractivity contribution in [2.75, 3.05) is 10.6 Å². The zero-order valence-electron chi connectivity index (χ0n) is 35.1. The monoisotopic (exact) mass is 874 g/mol. The Morgan fingerprint density at radius 2 is 0.919 bits per heavy atom. The average molecular weight is 875 g/mol. The summed E-state index contributed by atoms with van der Waals surface area (Å²) in [5.74, 6) is -0.381. The zero-order valence-corrected chi connectivity index (χ0v) is 36.7. The fourth-order valence-corrected chi connectivity index (χ4v) is 7.29. The number of rotatable bonds is 12. The Morgan fingerprint density at radius 1 is 0.516 bits per heavy atom. The molecule has 0 aliphatic carbocycles. The smallest absolute Gasteiger partial charge is 0.255 e. The van der Waals surface area contributed by atoms with E-state index in [1.54, 1.807) is 48.5 Å². The van der Waals surface area contributed by atoms with Crippen LogP contribution in [-0.4, -0.2) is 37.8 Å². The second-order valence-electron chi connectivity index (χ2n) is 14.7. The summed E-state index contributed by atoms with van der Waals surface area (Å²) in [5.41, 5.74) is 6.61. The summed E-state index contributed by atoms with van der Waals surface area (Å²) in [5, 5.41) is 8.06. The molecule has 2 amide bonds. The van der Waals surface area contributed by atoms with E-state index in [1.165, 1.54) is 24.3 Å². The second-order valence-corrected chi connectivity index (χ2v) is 17.4. The minimum Gasteiger partial charge on any atom is -0.744 e. The van der Waals surface area contributed by atoms with Gasteiger partial charge in [-0.25, -0.2) is 16.8 Å². The highest BCUT2D eigenvalue weighted by molar-refractivity contribution is 7.86. The molecule has 0 saturated carbocycles. The Kier molecular flexibility index (Phi) is 16.2. The fraction of sp³-hybridized carbons (Fsp3) is 0.208. The van der Waals surface area contributed by atoms with E-state index in [1.807, 2.05) is 62.4 Å². The molecule has 2 heterocycles. The van der Waals surface area contributed by atoms with Crippen molar-refractivity contribution in [3.63, 3.8) is 0 Å². The van der Waals surface area contributed by atoms with E-state index in [4.69, 9.17) is 0 Å². The number of hydrogen-bond donors (Lipinski definition) is 2. The van der Waals surface area contributed by atoms with Crippen molar-refractivity contribution in [1.29, 1.82) is 0 Å². The van der Waals surface area contributed by atoms with Gasteiger partial charge in [-0.3, -0.25) is 9.59 Å². The van der Waals surface area contributed by atoms with Gasteiger partial charge in [0.15, 0.2) is 12.4 Å². The summed E-state index contributed by atoms with van der Waals surface area (Å²) >= 11 is 0. The van der Waals surface area contributed by atoms with E-state index >= 15 is 0 Å². The first-order valence-corrected chi connectivity index (χ1v) is 23.0. The van der Waals surface area contributed by atoms with Crippen molar-refractivity contribution >= 4 is 65.2 Å². The van der Waals surface area contributed by atoms with E-state index in [2.05, 4.69) is 58.1 Å². The van der Waals surface area contributed by atoms with E-state index in [0.29, 0.717) is 16.8 Å². The summed E-state index contributed by atoms with van der Waals surface area (Å²) in [6, 6.07) is 38.4. The first-order valence-electron chi connectivity index (χ1n) is 20.2. The lowest BCUT2D eigenvalue weighted by Gasteiger charge is -2.09. The van der Waals surface area contributed by atoms with Crippen LogP contribution < -0.4 is 19.8 Å². The molecule has 0 aliphatic heterocycles. The molecule has 0 saturated heterocycles. The van der Waals surface area contributed by atoms with Crippen LogP contribution in [0, 0.1) is 13.8 Å². The third-order valence-electron chi connectivity index (χ3n) is 9.81. The number of hydrogen-bond acceptors (Lipinski definition) is 8. The van der Waals surface area contributed by atoms with Gasteiger partial charge in [0.1, 0.15) is 33.3 Å². The third kappa shape index (κ3) is 13.3. The van der Waals surface area contributed by atoms with Crippen LogP contribution in [-0.2, 0) is 33.3 Å². The second kappa shape index (κ2) is 21.5. The maximum absolute atomic E-state index is 13.0. The van der Waals surface area contributed by atoms with Gasteiger partial charge < -0.3 is 19.7 Å². The van der Waals surface area contributed by atoms with Crippen molar-refractivity contribution in [2.24, 2.45) is 0 Å². The van der Waals surface area contributed by atoms with E-state index in [-0.39, 0.29) is 21.6 Å². The van der Waals surface area contributed by atoms with Crippen molar-refractivity contribution in [1.82, 2.24) is 0 Å². The van der Waals surface area contributed by atoms with Crippen molar-refractivity contribution < 1.29 is 44.7 Å². The molecule has 0 atom stereocenters. The molecule has 0 aliphatic rings. The number of carbonyl (C=O) groups is 2. The number of aromatic nitrogens is 2. The maximum Gasteiger partial charge on any atom is 0.255 e. The molecule has 7 aromatic rings. The van der Waals surface area contributed by atoms with Crippen LogP contribution in [0.3, 0.4) is 0 Å². The van der Waals surface area contributed by atoms with Crippen molar-refractivity contribution in [3.05, 3.63) is 168 Å².